The number of hydrogen-bond acceptors (Lipinski definition) is 8. The number of rotatable bonds is 7. The molecule has 10 heteroatoms. The Morgan fingerprint density at radius 3 is 2.23 bits per heavy atom. The number of morpholine rings is 1. The lowest BCUT2D eigenvalue weighted by Gasteiger charge is -2.34. The molecule has 2 fully saturated rings. The van der Waals surface area contributed by atoms with Crippen LogP contribution in [0.2, 0.25) is 0 Å². The molecule has 2 amide bonds. The molecule has 2 aliphatic rings. The third kappa shape index (κ3) is 7.08. The van der Waals surface area contributed by atoms with Crippen molar-refractivity contribution in [2.24, 2.45) is 0 Å². The van der Waals surface area contributed by atoms with E-state index in [1.54, 1.807) is 0 Å². The molecular formula is C29H37N7O3. The minimum absolute atomic E-state index is 0.186. The van der Waals surface area contributed by atoms with Crippen molar-refractivity contribution in [3.63, 3.8) is 0 Å². The number of urea groups is 1. The van der Waals surface area contributed by atoms with Gasteiger partial charge in [0.25, 0.3) is 0 Å². The third-order valence-corrected chi connectivity index (χ3v) is 6.96. The topological polar surface area (TPSA) is 105 Å². The molecule has 2 saturated heterocycles. The molecule has 39 heavy (non-hydrogen) atoms. The van der Waals surface area contributed by atoms with Crippen LogP contribution < -0.4 is 15.5 Å². The Morgan fingerprint density at radius 1 is 0.923 bits per heavy atom. The molecule has 0 spiro atoms. The van der Waals surface area contributed by atoms with E-state index in [2.05, 4.69) is 27.4 Å². The molecule has 3 aromatic rings. The van der Waals surface area contributed by atoms with E-state index in [1.807, 2.05) is 62.6 Å². The van der Waals surface area contributed by atoms with Crippen molar-refractivity contribution in [1.82, 2.24) is 19.9 Å². The fraction of sp³-hybridized carbons (Fsp3) is 0.448. The van der Waals surface area contributed by atoms with Crippen LogP contribution >= 0.6 is 0 Å². The van der Waals surface area contributed by atoms with Gasteiger partial charge in [0.1, 0.15) is 5.82 Å². The Balaban J connectivity index is 1.30. The first-order valence-corrected chi connectivity index (χ1v) is 13.5. The maximum Gasteiger partial charge on any atom is 0.323 e. The Hall–Kier alpha value is -3.60. The predicted molar refractivity (Wildman–Crippen MR) is 152 cm³/mol. The van der Waals surface area contributed by atoms with Crippen LogP contribution in [0.25, 0.3) is 11.4 Å². The molecule has 1 aromatic heterocycles. The van der Waals surface area contributed by atoms with Gasteiger partial charge < -0.3 is 29.9 Å². The van der Waals surface area contributed by atoms with Crippen LogP contribution in [0, 0.1) is 0 Å². The summed E-state index contributed by atoms with van der Waals surface area (Å²) >= 11 is 0. The first-order chi connectivity index (χ1) is 18.9. The van der Waals surface area contributed by atoms with Crippen LogP contribution in [-0.4, -0.2) is 79.0 Å². The van der Waals surface area contributed by atoms with Gasteiger partial charge in [0, 0.05) is 49.2 Å². The van der Waals surface area contributed by atoms with E-state index in [4.69, 9.17) is 24.4 Å². The zero-order valence-electron chi connectivity index (χ0n) is 22.9. The van der Waals surface area contributed by atoms with Crippen molar-refractivity contribution < 1.29 is 14.3 Å². The first kappa shape index (κ1) is 27.0. The first-order valence-electron chi connectivity index (χ1n) is 13.5. The molecule has 2 aliphatic heterocycles. The van der Waals surface area contributed by atoms with Gasteiger partial charge >= 0.3 is 6.03 Å². The summed E-state index contributed by atoms with van der Waals surface area (Å²) in [4.78, 5) is 31.5. The van der Waals surface area contributed by atoms with E-state index >= 15 is 0 Å². The Kier molecular flexibility index (Phi) is 8.65. The molecule has 2 aromatic carbocycles. The lowest BCUT2D eigenvalue weighted by Crippen LogP contribution is -2.44. The zero-order valence-corrected chi connectivity index (χ0v) is 22.9. The number of carbonyl (C=O) groups excluding carboxylic acids is 1. The minimum Gasteiger partial charge on any atom is -0.381 e. The summed E-state index contributed by atoms with van der Waals surface area (Å²) in [5.41, 5.74) is 3.48. The van der Waals surface area contributed by atoms with E-state index in [0.29, 0.717) is 30.7 Å². The lowest BCUT2D eigenvalue weighted by molar-refractivity contribution is 0.0834. The largest absolute Gasteiger partial charge is 0.381 e. The molecule has 5 rings (SSSR count). The fourth-order valence-electron chi connectivity index (χ4n) is 4.86. The summed E-state index contributed by atoms with van der Waals surface area (Å²) in [7, 11) is 4.06. The Bertz CT molecular complexity index is 1240. The molecule has 0 radical (unpaired) electrons. The Labute approximate surface area is 229 Å². The van der Waals surface area contributed by atoms with E-state index in [9.17, 15) is 4.79 Å². The fourth-order valence-corrected chi connectivity index (χ4v) is 4.86. The minimum atomic E-state index is -0.298. The van der Waals surface area contributed by atoms with Crippen LogP contribution in [0.5, 0.6) is 0 Å². The number of anilines is 3. The molecule has 3 heterocycles. The lowest BCUT2D eigenvalue weighted by atomic mass is 9.99. The molecule has 2 N–H and O–H groups in total. The van der Waals surface area contributed by atoms with Crippen LogP contribution in [0.15, 0.2) is 48.5 Å². The van der Waals surface area contributed by atoms with Crippen molar-refractivity contribution in [2.75, 3.05) is 62.6 Å². The van der Waals surface area contributed by atoms with Gasteiger partial charge in [-0.2, -0.15) is 9.97 Å². The van der Waals surface area contributed by atoms with Crippen LogP contribution in [0.4, 0.5) is 22.1 Å². The van der Waals surface area contributed by atoms with Gasteiger partial charge in [-0.25, -0.2) is 9.78 Å². The summed E-state index contributed by atoms with van der Waals surface area (Å²) in [6.07, 6.45) is 1.80. The maximum absolute atomic E-state index is 12.6. The summed E-state index contributed by atoms with van der Waals surface area (Å²) in [6, 6.07) is 15.3. The van der Waals surface area contributed by atoms with E-state index in [-0.39, 0.29) is 18.0 Å². The standard InChI is InChI=1S/C29H37N7O3/c1-20-19-39-17-14-36(20)28-33-26(32-27(34-28)23-12-15-38-16-13-23)22-6-10-25(11-7-22)31-29(37)30-24-8-4-21(5-9-24)18-35(2)3/h4-11,20,23H,12-19H2,1-3H3,(H2,30,31,37)/t20-/m1/s1. The van der Waals surface area contributed by atoms with Gasteiger partial charge in [-0.1, -0.05) is 12.1 Å². The number of nitrogens with one attached hydrogen (secondary N) is 2. The molecule has 0 aliphatic carbocycles. The molecule has 0 bridgehead atoms. The van der Waals surface area contributed by atoms with E-state index in [1.165, 1.54) is 5.56 Å². The second-order valence-electron chi connectivity index (χ2n) is 10.4. The molecule has 10 nitrogen and oxygen atoms in total. The maximum atomic E-state index is 12.6. The van der Waals surface area contributed by atoms with E-state index < -0.39 is 0 Å². The average Bonchev–Trinajstić information content (AvgIpc) is 2.95. The smallest absolute Gasteiger partial charge is 0.323 e. The van der Waals surface area contributed by atoms with Crippen LogP contribution in [0.1, 0.15) is 37.1 Å². The monoisotopic (exact) mass is 531 g/mol. The van der Waals surface area contributed by atoms with Gasteiger partial charge in [0.2, 0.25) is 5.95 Å². The summed E-state index contributed by atoms with van der Waals surface area (Å²) in [5, 5.41) is 5.79. The normalized spacial score (nSPS) is 18.3. The number of amides is 2. The number of carbonyl (C=O) groups is 1. The highest BCUT2D eigenvalue weighted by atomic mass is 16.5. The molecule has 1 atom stereocenters. The zero-order chi connectivity index (χ0) is 27.2. The van der Waals surface area contributed by atoms with Gasteiger partial charge in [-0.05, 0) is 75.8 Å². The third-order valence-electron chi connectivity index (χ3n) is 6.96. The molecule has 0 saturated carbocycles. The Morgan fingerprint density at radius 2 is 1.59 bits per heavy atom. The SMILES string of the molecule is C[C@@H]1COCCN1c1nc(-c2ccc(NC(=O)Nc3ccc(CN(C)C)cc3)cc2)nc(C2CCOCC2)n1. The predicted octanol–water partition coefficient (Wildman–Crippen LogP) is 4.36. The van der Waals surface area contributed by atoms with Crippen molar-refractivity contribution in [3.05, 3.63) is 59.9 Å². The quantitative estimate of drug-likeness (QED) is 0.463. The molecular weight excluding hydrogens is 494 g/mol. The summed E-state index contributed by atoms with van der Waals surface area (Å²) in [5.74, 6) is 2.39. The second kappa shape index (κ2) is 12.5. The van der Waals surface area contributed by atoms with Crippen LogP contribution in [-0.2, 0) is 16.0 Å². The van der Waals surface area contributed by atoms with Crippen molar-refractivity contribution >= 4 is 23.4 Å². The highest BCUT2D eigenvalue weighted by molar-refractivity contribution is 5.99. The molecule has 206 valence electrons. The summed E-state index contributed by atoms with van der Waals surface area (Å²) < 4.78 is 11.2. The second-order valence-corrected chi connectivity index (χ2v) is 10.4. The van der Waals surface area contributed by atoms with Crippen molar-refractivity contribution in [3.8, 4) is 11.4 Å². The van der Waals surface area contributed by atoms with Gasteiger partial charge in [-0.15, -0.1) is 0 Å². The number of aromatic nitrogens is 3. The highest BCUT2D eigenvalue weighted by Crippen LogP contribution is 2.29. The van der Waals surface area contributed by atoms with Crippen LogP contribution in [0.3, 0.4) is 0 Å². The van der Waals surface area contributed by atoms with Gasteiger partial charge in [0.05, 0.1) is 19.3 Å². The molecule has 0 unspecified atom stereocenters. The van der Waals surface area contributed by atoms with E-state index in [0.717, 1.165) is 56.2 Å². The van der Waals surface area contributed by atoms with Crippen molar-refractivity contribution in [1.29, 1.82) is 0 Å². The number of ether oxygens (including phenoxy) is 2. The van der Waals surface area contributed by atoms with Gasteiger partial charge in [0.15, 0.2) is 5.82 Å². The number of hydrogen-bond donors (Lipinski definition) is 2. The van der Waals surface area contributed by atoms with Crippen molar-refractivity contribution in [2.45, 2.75) is 38.3 Å². The number of benzene rings is 2. The number of nitrogens with zero attached hydrogens (tertiary/aromatic N) is 5. The average molecular weight is 532 g/mol. The van der Waals surface area contributed by atoms with Gasteiger partial charge in [-0.3, -0.25) is 0 Å². The highest BCUT2D eigenvalue weighted by Gasteiger charge is 2.26. The summed E-state index contributed by atoms with van der Waals surface area (Å²) in [6.45, 7) is 6.46.